The Balaban J connectivity index is 1.34. The standard InChI is InChI=1S/C23H26BrN7O2/c24-17-13-27-22-20(18(14-28-22)29-23(33)15-3-1-5-25-12-15)21(17)31-9-7-30(8-10-31)19(32)11-16-4-2-6-26-16/h1,3,5,12-14,16,26H,2,4,6-11H2,(H,27,28)(H,29,33). The number of hydrogen-bond donors (Lipinski definition) is 3. The van der Waals surface area contributed by atoms with Gasteiger partial charge in [-0.3, -0.25) is 14.6 Å². The number of aromatic amines is 1. The van der Waals surface area contributed by atoms with Crippen LogP contribution in [0.3, 0.4) is 0 Å². The third-order valence-corrected chi connectivity index (χ3v) is 6.91. The van der Waals surface area contributed by atoms with Gasteiger partial charge in [0.1, 0.15) is 5.65 Å². The largest absolute Gasteiger partial charge is 0.366 e. The molecule has 3 aromatic heterocycles. The third-order valence-electron chi connectivity index (χ3n) is 6.33. The first-order valence-electron chi connectivity index (χ1n) is 11.2. The Bertz CT molecular complexity index is 1150. The lowest BCUT2D eigenvalue weighted by atomic mass is 10.1. The van der Waals surface area contributed by atoms with Crippen molar-refractivity contribution in [1.82, 2.24) is 25.2 Å². The average Bonchev–Trinajstić information content (AvgIpc) is 3.50. The van der Waals surface area contributed by atoms with Crippen molar-refractivity contribution in [2.24, 2.45) is 0 Å². The van der Waals surface area contributed by atoms with Gasteiger partial charge < -0.3 is 25.4 Å². The Labute approximate surface area is 200 Å². The topological polar surface area (TPSA) is 106 Å². The van der Waals surface area contributed by atoms with E-state index in [1.165, 1.54) is 6.20 Å². The molecule has 0 spiro atoms. The number of pyridine rings is 2. The molecule has 5 heterocycles. The minimum atomic E-state index is -0.231. The molecule has 2 saturated heterocycles. The van der Waals surface area contributed by atoms with E-state index in [-0.39, 0.29) is 11.8 Å². The third kappa shape index (κ3) is 4.58. The summed E-state index contributed by atoms with van der Waals surface area (Å²) in [5, 5.41) is 7.24. The van der Waals surface area contributed by atoms with Gasteiger partial charge in [-0.15, -0.1) is 0 Å². The molecular formula is C23H26BrN7O2. The fourth-order valence-electron chi connectivity index (χ4n) is 4.61. The van der Waals surface area contributed by atoms with Crippen LogP contribution in [-0.4, -0.2) is 70.4 Å². The van der Waals surface area contributed by atoms with E-state index in [1.54, 1.807) is 30.7 Å². The molecule has 3 N–H and O–H groups in total. The van der Waals surface area contributed by atoms with Crippen molar-refractivity contribution in [3.05, 3.63) is 47.0 Å². The lowest BCUT2D eigenvalue weighted by Gasteiger charge is -2.37. The van der Waals surface area contributed by atoms with E-state index in [0.29, 0.717) is 55.5 Å². The van der Waals surface area contributed by atoms with Gasteiger partial charge in [0.05, 0.1) is 26.8 Å². The molecule has 2 aliphatic heterocycles. The van der Waals surface area contributed by atoms with E-state index in [0.717, 1.165) is 34.9 Å². The normalized spacial score (nSPS) is 18.6. The fourth-order valence-corrected chi connectivity index (χ4v) is 5.16. The van der Waals surface area contributed by atoms with Crippen molar-refractivity contribution in [3.63, 3.8) is 0 Å². The first-order valence-corrected chi connectivity index (χ1v) is 12.0. The Morgan fingerprint density at radius 1 is 1.21 bits per heavy atom. The monoisotopic (exact) mass is 511 g/mol. The van der Waals surface area contributed by atoms with Crippen molar-refractivity contribution in [3.8, 4) is 0 Å². The molecule has 1 unspecified atom stereocenters. The first-order chi connectivity index (χ1) is 16.1. The zero-order valence-electron chi connectivity index (χ0n) is 18.2. The van der Waals surface area contributed by atoms with Gasteiger partial charge in [-0.2, -0.15) is 0 Å². The Hall–Kier alpha value is -2.98. The van der Waals surface area contributed by atoms with Crippen LogP contribution in [0.1, 0.15) is 29.6 Å². The summed E-state index contributed by atoms with van der Waals surface area (Å²) < 4.78 is 0.849. The van der Waals surface area contributed by atoms with Crippen molar-refractivity contribution >= 4 is 50.2 Å². The molecule has 33 heavy (non-hydrogen) atoms. The second-order valence-corrected chi connectivity index (χ2v) is 9.30. The molecule has 172 valence electrons. The van der Waals surface area contributed by atoms with Crippen LogP contribution in [-0.2, 0) is 4.79 Å². The number of carbonyl (C=O) groups is 2. The minimum Gasteiger partial charge on any atom is -0.366 e. The molecule has 1 atom stereocenters. The molecule has 2 aliphatic rings. The lowest BCUT2D eigenvalue weighted by molar-refractivity contribution is -0.131. The van der Waals surface area contributed by atoms with Crippen LogP contribution in [0.15, 0.2) is 41.4 Å². The maximum atomic E-state index is 12.7. The number of anilines is 2. The van der Waals surface area contributed by atoms with Crippen LogP contribution in [0.5, 0.6) is 0 Å². The number of piperazine rings is 1. The maximum absolute atomic E-state index is 12.7. The Morgan fingerprint density at radius 2 is 2.06 bits per heavy atom. The number of nitrogens with zero attached hydrogens (tertiary/aromatic N) is 4. The highest BCUT2D eigenvalue weighted by Crippen LogP contribution is 2.38. The fraction of sp³-hybridized carbons (Fsp3) is 0.391. The van der Waals surface area contributed by atoms with Gasteiger partial charge in [0.2, 0.25) is 5.91 Å². The number of H-pyrrole nitrogens is 1. The molecule has 0 saturated carbocycles. The number of rotatable bonds is 5. The second kappa shape index (κ2) is 9.48. The summed E-state index contributed by atoms with van der Waals surface area (Å²) in [6.07, 6.45) is 9.50. The molecule has 2 amide bonds. The van der Waals surface area contributed by atoms with E-state index < -0.39 is 0 Å². The first kappa shape index (κ1) is 21.8. The smallest absolute Gasteiger partial charge is 0.257 e. The Morgan fingerprint density at radius 3 is 2.79 bits per heavy atom. The highest BCUT2D eigenvalue weighted by Gasteiger charge is 2.27. The van der Waals surface area contributed by atoms with Crippen molar-refractivity contribution in [1.29, 1.82) is 0 Å². The molecule has 3 aromatic rings. The molecule has 0 bridgehead atoms. The van der Waals surface area contributed by atoms with E-state index >= 15 is 0 Å². The summed E-state index contributed by atoms with van der Waals surface area (Å²) in [5.74, 6) is -0.00933. The second-order valence-electron chi connectivity index (χ2n) is 8.44. The number of hydrogen-bond acceptors (Lipinski definition) is 6. The highest BCUT2D eigenvalue weighted by molar-refractivity contribution is 9.10. The number of amides is 2. The molecule has 5 rings (SSSR count). The molecule has 2 fully saturated rings. The summed E-state index contributed by atoms with van der Waals surface area (Å²) in [5.41, 5.74) is 2.81. The summed E-state index contributed by atoms with van der Waals surface area (Å²) in [6, 6.07) is 3.77. The van der Waals surface area contributed by atoms with E-state index in [2.05, 4.69) is 46.4 Å². The average molecular weight is 512 g/mol. The summed E-state index contributed by atoms with van der Waals surface area (Å²) in [4.78, 5) is 41.3. The number of halogens is 1. The van der Waals surface area contributed by atoms with E-state index in [9.17, 15) is 9.59 Å². The van der Waals surface area contributed by atoms with Crippen LogP contribution in [0.4, 0.5) is 11.4 Å². The van der Waals surface area contributed by atoms with Gasteiger partial charge in [0.25, 0.3) is 5.91 Å². The van der Waals surface area contributed by atoms with Gasteiger partial charge in [-0.05, 0) is 47.4 Å². The zero-order chi connectivity index (χ0) is 22.8. The van der Waals surface area contributed by atoms with Gasteiger partial charge in [0.15, 0.2) is 0 Å². The predicted octanol–water partition coefficient (Wildman–Crippen LogP) is 2.76. The number of fused-ring (bicyclic) bond motifs is 1. The van der Waals surface area contributed by atoms with Crippen LogP contribution in [0.2, 0.25) is 0 Å². The molecule has 0 aromatic carbocycles. The van der Waals surface area contributed by atoms with Crippen molar-refractivity contribution < 1.29 is 9.59 Å². The quantitative estimate of drug-likeness (QED) is 0.486. The molecule has 0 aliphatic carbocycles. The van der Waals surface area contributed by atoms with Crippen LogP contribution in [0, 0.1) is 0 Å². The summed E-state index contributed by atoms with van der Waals surface area (Å²) in [7, 11) is 0. The lowest BCUT2D eigenvalue weighted by Crippen LogP contribution is -2.49. The van der Waals surface area contributed by atoms with E-state index in [4.69, 9.17) is 0 Å². The SMILES string of the molecule is O=C(Nc1c[nH]c2ncc(Br)c(N3CCN(C(=O)CC4CCCN4)CC3)c12)c1cccnc1. The van der Waals surface area contributed by atoms with Crippen molar-refractivity contribution in [2.45, 2.75) is 25.3 Å². The number of aromatic nitrogens is 3. The number of carbonyl (C=O) groups excluding carboxylic acids is 2. The zero-order valence-corrected chi connectivity index (χ0v) is 19.8. The van der Waals surface area contributed by atoms with Crippen LogP contribution < -0.4 is 15.5 Å². The maximum Gasteiger partial charge on any atom is 0.257 e. The number of nitrogens with one attached hydrogen (secondary N) is 3. The summed E-state index contributed by atoms with van der Waals surface area (Å²) >= 11 is 3.66. The van der Waals surface area contributed by atoms with Crippen molar-refractivity contribution in [2.75, 3.05) is 42.9 Å². The highest BCUT2D eigenvalue weighted by atomic mass is 79.9. The van der Waals surface area contributed by atoms with E-state index in [1.807, 2.05) is 4.90 Å². The van der Waals surface area contributed by atoms with Gasteiger partial charge in [-0.1, -0.05) is 0 Å². The molecular weight excluding hydrogens is 486 g/mol. The molecule has 9 nitrogen and oxygen atoms in total. The predicted molar refractivity (Wildman–Crippen MR) is 130 cm³/mol. The van der Waals surface area contributed by atoms with Crippen LogP contribution >= 0.6 is 15.9 Å². The minimum absolute atomic E-state index is 0.221. The van der Waals surface area contributed by atoms with Crippen LogP contribution in [0.25, 0.3) is 11.0 Å². The Kier molecular flexibility index (Phi) is 6.28. The van der Waals surface area contributed by atoms with Gasteiger partial charge >= 0.3 is 0 Å². The van der Waals surface area contributed by atoms with Gasteiger partial charge in [-0.25, -0.2) is 4.98 Å². The summed E-state index contributed by atoms with van der Waals surface area (Å²) in [6.45, 7) is 3.77. The molecule has 0 radical (unpaired) electrons. The molecule has 10 heteroatoms. The van der Waals surface area contributed by atoms with Gasteiger partial charge in [0, 0.05) is 63.4 Å².